The molecule has 0 aromatic heterocycles. The molecule has 2 aromatic carbocycles. The Hall–Kier alpha value is -1.75. The summed E-state index contributed by atoms with van der Waals surface area (Å²) in [6.07, 6.45) is 1.89. The van der Waals surface area contributed by atoms with E-state index in [0.29, 0.717) is 27.1 Å². The second-order valence-electron chi connectivity index (χ2n) is 5.70. The first-order chi connectivity index (χ1) is 11.6. The van der Waals surface area contributed by atoms with Crippen LogP contribution in [0.1, 0.15) is 23.2 Å². The molecule has 1 aliphatic heterocycles. The van der Waals surface area contributed by atoms with Gasteiger partial charge in [0.05, 0.1) is 5.02 Å². The normalized spacial score (nSPS) is 15.1. The summed E-state index contributed by atoms with van der Waals surface area (Å²) >= 11 is 12.0. The first-order valence-corrected chi connectivity index (χ1v) is 8.62. The lowest BCUT2D eigenvalue weighted by atomic mass is 10.1. The van der Waals surface area contributed by atoms with E-state index in [0.717, 1.165) is 25.9 Å². The molecule has 1 heterocycles. The molecule has 2 N–H and O–H groups in total. The molecular formula is C18H18Cl2N2O2. The molecular weight excluding hydrogens is 347 g/mol. The van der Waals surface area contributed by atoms with Gasteiger partial charge in [-0.15, -0.1) is 0 Å². The van der Waals surface area contributed by atoms with Crippen molar-refractivity contribution in [3.8, 4) is 11.5 Å². The summed E-state index contributed by atoms with van der Waals surface area (Å²) in [6, 6.07) is 12.3. The zero-order chi connectivity index (χ0) is 16.9. The maximum absolute atomic E-state index is 12.4. The molecule has 24 heavy (non-hydrogen) atoms. The molecule has 0 atom stereocenters. The summed E-state index contributed by atoms with van der Waals surface area (Å²) in [4.78, 5) is 12.4. The quantitative estimate of drug-likeness (QED) is 0.851. The summed E-state index contributed by atoms with van der Waals surface area (Å²) in [5.74, 6) is 0.962. The van der Waals surface area contributed by atoms with Crippen molar-refractivity contribution < 1.29 is 9.53 Å². The van der Waals surface area contributed by atoms with E-state index in [1.165, 1.54) is 0 Å². The number of benzene rings is 2. The Morgan fingerprint density at radius 2 is 1.92 bits per heavy atom. The topological polar surface area (TPSA) is 50.4 Å². The van der Waals surface area contributed by atoms with Gasteiger partial charge < -0.3 is 15.4 Å². The second-order valence-corrected chi connectivity index (χ2v) is 6.55. The third-order valence-corrected chi connectivity index (χ3v) is 4.42. The van der Waals surface area contributed by atoms with Crippen molar-refractivity contribution >= 4 is 29.1 Å². The van der Waals surface area contributed by atoms with Gasteiger partial charge in [0.2, 0.25) is 0 Å². The van der Waals surface area contributed by atoms with Gasteiger partial charge in [-0.1, -0.05) is 29.3 Å². The largest absolute Gasteiger partial charge is 0.456 e. The standard InChI is InChI=1S/C18H18Cl2N2O2/c19-13-4-5-17(16(20)11-13)24-15-3-1-2-12(10-15)18(23)22-14-6-8-21-9-7-14/h1-5,10-11,14,21H,6-9H2,(H,22,23). The molecule has 0 radical (unpaired) electrons. The number of carbonyl (C=O) groups is 1. The number of rotatable bonds is 4. The van der Waals surface area contributed by atoms with Gasteiger partial charge in [-0.3, -0.25) is 4.79 Å². The predicted octanol–water partition coefficient (Wildman–Crippen LogP) is 4.27. The van der Waals surface area contributed by atoms with Crippen molar-refractivity contribution in [3.63, 3.8) is 0 Å². The van der Waals surface area contributed by atoms with Crippen LogP contribution in [0.15, 0.2) is 42.5 Å². The fraction of sp³-hybridized carbons (Fsp3) is 0.278. The van der Waals surface area contributed by atoms with Crippen LogP contribution in [0.25, 0.3) is 0 Å². The number of nitrogens with one attached hydrogen (secondary N) is 2. The second kappa shape index (κ2) is 7.88. The summed E-state index contributed by atoms with van der Waals surface area (Å²) in [6.45, 7) is 1.87. The SMILES string of the molecule is O=C(NC1CCNCC1)c1cccc(Oc2ccc(Cl)cc2Cl)c1. The van der Waals surface area contributed by atoms with E-state index in [4.69, 9.17) is 27.9 Å². The van der Waals surface area contributed by atoms with Gasteiger partial charge >= 0.3 is 0 Å². The fourth-order valence-corrected chi connectivity index (χ4v) is 3.07. The molecule has 126 valence electrons. The minimum absolute atomic E-state index is 0.0884. The lowest BCUT2D eigenvalue weighted by Gasteiger charge is -2.23. The Morgan fingerprint density at radius 3 is 2.67 bits per heavy atom. The van der Waals surface area contributed by atoms with Crippen molar-refractivity contribution in [2.24, 2.45) is 0 Å². The molecule has 0 saturated carbocycles. The third kappa shape index (κ3) is 4.41. The van der Waals surface area contributed by atoms with E-state index in [1.54, 1.807) is 42.5 Å². The maximum atomic E-state index is 12.4. The molecule has 0 bridgehead atoms. The van der Waals surface area contributed by atoms with Crippen molar-refractivity contribution in [2.45, 2.75) is 18.9 Å². The van der Waals surface area contributed by atoms with Crippen molar-refractivity contribution in [1.82, 2.24) is 10.6 Å². The third-order valence-electron chi connectivity index (χ3n) is 3.89. The number of piperidine rings is 1. The Labute approximate surface area is 151 Å². The maximum Gasteiger partial charge on any atom is 0.251 e. The van der Waals surface area contributed by atoms with Crippen LogP contribution in [-0.4, -0.2) is 25.0 Å². The number of ether oxygens (including phenoxy) is 1. The number of halogens is 2. The number of carbonyl (C=O) groups excluding carboxylic acids is 1. The van der Waals surface area contributed by atoms with Crippen molar-refractivity contribution in [2.75, 3.05) is 13.1 Å². The van der Waals surface area contributed by atoms with Crippen LogP contribution >= 0.6 is 23.2 Å². The Kier molecular flexibility index (Phi) is 5.61. The number of hydrogen-bond acceptors (Lipinski definition) is 3. The van der Waals surface area contributed by atoms with E-state index in [1.807, 2.05) is 0 Å². The van der Waals surface area contributed by atoms with Crippen LogP contribution < -0.4 is 15.4 Å². The van der Waals surface area contributed by atoms with Crippen LogP contribution in [0.5, 0.6) is 11.5 Å². The van der Waals surface area contributed by atoms with E-state index in [2.05, 4.69) is 10.6 Å². The van der Waals surface area contributed by atoms with Crippen LogP contribution in [0.4, 0.5) is 0 Å². The smallest absolute Gasteiger partial charge is 0.251 e. The minimum Gasteiger partial charge on any atom is -0.456 e. The first-order valence-electron chi connectivity index (χ1n) is 7.86. The highest BCUT2D eigenvalue weighted by molar-refractivity contribution is 6.35. The highest BCUT2D eigenvalue weighted by Gasteiger charge is 2.16. The lowest BCUT2D eigenvalue weighted by Crippen LogP contribution is -2.42. The summed E-state index contributed by atoms with van der Waals surface area (Å²) < 4.78 is 5.76. The van der Waals surface area contributed by atoms with Crippen molar-refractivity contribution in [3.05, 3.63) is 58.1 Å². The highest BCUT2D eigenvalue weighted by atomic mass is 35.5. The zero-order valence-electron chi connectivity index (χ0n) is 13.0. The molecule has 1 saturated heterocycles. The minimum atomic E-state index is -0.0884. The van der Waals surface area contributed by atoms with Crippen LogP contribution in [-0.2, 0) is 0 Å². The Bertz CT molecular complexity index is 731. The van der Waals surface area contributed by atoms with Gasteiger partial charge in [-0.05, 0) is 62.3 Å². The predicted molar refractivity (Wildman–Crippen MR) is 96.3 cm³/mol. The van der Waals surface area contributed by atoms with E-state index in [-0.39, 0.29) is 11.9 Å². The average Bonchev–Trinajstić information content (AvgIpc) is 2.59. The first kappa shape index (κ1) is 17.1. The molecule has 6 heteroatoms. The molecule has 4 nitrogen and oxygen atoms in total. The molecule has 1 amide bonds. The van der Waals surface area contributed by atoms with Crippen LogP contribution in [0, 0.1) is 0 Å². The monoisotopic (exact) mass is 364 g/mol. The molecule has 0 aliphatic carbocycles. The summed E-state index contributed by atoms with van der Waals surface area (Å²) in [5, 5.41) is 7.31. The van der Waals surface area contributed by atoms with Gasteiger partial charge in [-0.25, -0.2) is 0 Å². The van der Waals surface area contributed by atoms with Crippen molar-refractivity contribution in [1.29, 1.82) is 0 Å². The number of amides is 1. The van der Waals surface area contributed by atoms with E-state index >= 15 is 0 Å². The Balaban J connectivity index is 1.70. The zero-order valence-corrected chi connectivity index (χ0v) is 14.5. The fourth-order valence-electron chi connectivity index (χ4n) is 2.62. The average molecular weight is 365 g/mol. The highest BCUT2D eigenvalue weighted by Crippen LogP contribution is 2.31. The molecule has 0 unspecified atom stereocenters. The van der Waals surface area contributed by atoms with Gasteiger partial charge in [0, 0.05) is 16.6 Å². The van der Waals surface area contributed by atoms with Gasteiger partial charge in [0.15, 0.2) is 0 Å². The molecule has 0 spiro atoms. The molecule has 2 aromatic rings. The van der Waals surface area contributed by atoms with E-state index in [9.17, 15) is 4.79 Å². The molecule has 1 fully saturated rings. The summed E-state index contributed by atoms with van der Waals surface area (Å²) in [7, 11) is 0. The van der Waals surface area contributed by atoms with Crippen LogP contribution in [0.2, 0.25) is 10.0 Å². The van der Waals surface area contributed by atoms with Gasteiger partial charge in [0.25, 0.3) is 5.91 Å². The summed E-state index contributed by atoms with van der Waals surface area (Å²) in [5.41, 5.74) is 0.566. The molecule has 3 rings (SSSR count). The lowest BCUT2D eigenvalue weighted by molar-refractivity contribution is 0.0929. The molecule has 1 aliphatic rings. The van der Waals surface area contributed by atoms with E-state index < -0.39 is 0 Å². The Morgan fingerprint density at radius 1 is 1.12 bits per heavy atom. The van der Waals surface area contributed by atoms with Gasteiger partial charge in [0.1, 0.15) is 11.5 Å². The van der Waals surface area contributed by atoms with Crippen LogP contribution in [0.3, 0.4) is 0 Å². The number of hydrogen-bond donors (Lipinski definition) is 2. The van der Waals surface area contributed by atoms with Gasteiger partial charge in [-0.2, -0.15) is 0 Å².